The Morgan fingerprint density at radius 2 is 2.27 bits per heavy atom. The molecule has 1 unspecified atom stereocenters. The minimum atomic E-state index is 0.417. The number of rotatable bonds is 5. The fraction of sp³-hybridized carbons (Fsp3) is 0.538. The van der Waals surface area contributed by atoms with Gasteiger partial charge in [-0.05, 0) is 49.9 Å². The first-order valence-electron chi connectivity index (χ1n) is 5.67. The van der Waals surface area contributed by atoms with Crippen molar-refractivity contribution in [2.45, 2.75) is 25.8 Å². The predicted octanol–water partition coefficient (Wildman–Crippen LogP) is 2.76. The van der Waals surface area contributed by atoms with Crippen LogP contribution in [0.15, 0.2) is 24.3 Å². The monoisotopic (exact) mass is 205 g/mol. The molecule has 0 radical (unpaired) electrons. The maximum absolute atomic E-state index is 5.22. The maximum atomic E-state index is 5.22. The van der Waals surface area contributed by atoms with Crippen LogP contribution in [0.3, 0.4) is 0 Å². The van der Waals surface area contributed by atoms with Crippen molar-refractivity contribution >= 4 is 0 Å². The second-order valence-corrected chi connectivity index (χ2v) is 4.35. The van der Waals surface area contributed by atoms with Crippen LogP contribution in [0.5, 0.6) is 5.75 Å². The molecule has 2 rings (SSSR count). The van der Waals surface area contributed by atoms with E-state index in [1.165, 1.54) is 18.4 Å². The molecule has 0 bridgehead atoms. The van der Waals surface area contributed by atoms with Gasteiger partial charge in [0.05, 0.1) is 7.11 Å². The van der Waals surface area contributed by atoms with Crippen molar-refractivity contribution in [2.24, 2.45) is 5.92 Å². The molecule has 1 aliphatic rings. The molecule has 1 N–H and O–H groups in total. The Bertz CT molecular complexity index is 320. The fourth-order valence-corrected chi connectivity index (χ4v) is 1.69. The van der Waals surface area contributed by atoms with Crippen molar-refractivity contribution in [3.63, 3.8) is 0 Å². The molecule has 0 heterocycles. The summed E-state index contributed by atoms with van der Waals surface area (Å²) in [6, 6.07) is 8.69. The highest BCUT2D eigenvalue weighted by atomic mass is 16.5. The second kappa shape index (κ2) is 4.67. The summed E-state index contributed by atoms with van der Waals surface area (Å²) in [5, 5.41) is 3.56. The molecule has 15 heavy (non-hydrogen) atoms. The topological polar surface area (TPSA) is 21.3 Å². The second-order valence-electron chi connectivity index (χ2n) is 4.35. The molecule has 1 aromatic rings. The first-order valence-corrected chi connectivity index (χ1v) is 5.67. The number of hydrogen-bond acceptors (Lipinski definition) is 2. The van der Waals surface area contributed by atoms with Gasteiger partial charge in [-0.3, -0.25) is 0 Å². The minimum absolute atomic E-state index is 0.417. The Morgan fingerprint density at radius 1 is 1.47 bits per heavy atom. The van der Waals surface area contributed by atoms with E-state index in [1.807, 2.05) is 12.1 Å². The quantitative estimate of drug-likeness (QED) is 0.798. The number of ether oxygens (including phenoxy) is 1. The van der Waals surface area contributed by atoms with E-state index in [9.17, 15) is 0 Å². The average Bonchev–Trinajstić information content (AvgIpc) is 3.10. The van der Waals surface area contributed by atoms with E-state index in [0.29, 0.717) is 6.04 Å². The standard InChI is InChI=1S/C13H19NO/c1-10(14-9-11-6-7-11)12-4-3-5-13(8-12)15-2/h3-5,8,10-11,14H,6-7,9H2,1-2H3. The van der Waals surface area contributed by atoms with Gasteiger partial charge in [-0.25, -0.2) is 0 Å². The summed E-state index contributed by atoms with van der Waals surface area (Å²) < 4.78 is 5.22. The number of nitrogens with one attached hydrogen (secondary N) is 1. The molecular weight excluding hydrogens is 186 g/mol. The summed E-state index contributed by atoms with van der Waals surface area (Å²) in [6.45, 7) is 3.36. The van der Waals surface area contributed by atoms with Gasteiger partial charge >= 0.3 is 0 Å². The maximum Gasteiger partial charge on any atom is 0.119 e. The van der Waals surface area contributed by atoms with Crippen LogP contribution in [0.4, 0.5) is 0 Å². The van der Waals surface area contributed by atoms with Crippen molar-refractivity contribution in [2.75, 3.05) is 13.7 Å². The van der Waals surface area contributed by atoms with Crippen molar-refractivity contribution < 1.29 is 4.74 Å². The van der Waals surface area contributed by atoms with Gasteiger partial charge in [-0.15, -0.1) is 0 Å². The van der Waals surface area contributed by atoms with Crippen LogP contribution in [0.1, 0.15) is 31.4 Å². The largest absolute Gasteiger partial charge is 0.497 e. The lowest BCUT2D eigenvalue weighted by Crippen LogP contribution is -2.20. The van der Waals surface area contributed by atoms with Gasteiger partial charge in [0.2, 0.25) is 0 Å². The van der Waals surface area contributed by atoms with Crippen LogP contribution < -0.4 is 10.1 Å². The van der Waals surface area contributed by atoms with E-state index in [-0.39, 0.29) is 0 Å². The van der Waals surface area contributed by atoms with E-state index < -0.39 is 0 Å². The summed E-state index contributed by atoms with van der Waals surface area (Å²) in [7, 11) is 1.71. The van der Waals surface area contributed by atoms with Crippen molar-refractivity contribution in [3.8, 4) is 5.75 Å². The Labute approximate surface area is 91.6 Å². The molecule has 1 saturated carbocycles. The lowest BCUT2D eigenvalue weighted by Gasteiger charge is -2.14. The van der Waals surface area contributed by atoms with Crippen molar-refractivity contribution in [3.05, 3.63) is 29.8 Å². The summed E-state index contributed by atoms with van der Waals surface area (Å²) in [6.07, 6.45) is 2.80. The van der Waals surface area contributed by atoms with Gasteiger partial charge in [-0.2, -0.15) is 0 Å². The molecule has 2 nitrogen and oxygen atoms in total. The highest BCUT2D eigenvalue weighted by Gasteiger charge is 2.21. The zero-order valence-electron chi connectivity index (χ0n) is 9.49. The van der Waals surface area contributed by atoms with Gasteiger partial charge in [-0.1, -0.05) is 12.1 Å². The molecule has 82 valence electrons. The van der Waals surface area contributed by atoms with Crippen molar-refractivity contribution in [1.82, 2.24) is 5.32 Å². The van der Waals surface area contributed by atoms with E-state index in [4.69, 9.17) is 4.74 Å². The third-order valence-corrected chi connectivity index (χ3v) is 3.00. The third-order valence-electron chi connectivity index (χ3n) is 3.00. The zero-order chi connectivity index (χ0) is 10.7. The van der Waals surface area contributed by atoms with Crippen LogP contribution in [0, 0.1) is 5.92 Å². The summed E-state index contributed by atoms with van der Waals surface area (Å²) in [4.78, 5) is 0. The lowest BCUT2D eigenvalue weighted by atomic mass is 10.1. The first-order chi connectivity index (χ1) is 7.29. The molecule has 1 aromatic carbocycles. The molecule has 1 atom stereocenters. The first kappa shape index (κ1) is 10.5. The molecule has 0 aliphatic heterocycles. The Kier molecular flexibility index (Phi) is 3.27. The van der Waals surface area contributed by atoms with Crippen LogP contribution >= 0.6 is 0 Å². The molecule has 2 heteroatoms. The SMILES string of the molecule is COc1cccc(C(C)NCC2CC2)c1. The van der Waals surface area contributed by atoms with Gasteiger partial charge < -0.3 is 10.1 Å². The molecular formula is C13H19NO. The van der Waals surface area contributed by atoms with Crippen LogP contribution in [-0.4, -0.2) is 13.7 Å². The van der Waals surface area contributed by atoms with Crippen LogP contribution in [0.25, 0.3) is 0 Å². The molecule has 1 fully saturated rings. The van der Waals surface area contributed by atoms with Gasteiger partial charge in [0.1, 0.15) is 5.75 Å². The smallest absolute Gasteiger partial charge is 0.119 e. The molecule has 0 saturated heterocycles. The lowest BCUT2D eigenvalue weighted by molar-refractivity contribution is 0.413. The van der Waals surface area contributed by atoms with E-state index in [2.05, 4.69) is 24.4 Å². The Morgan fingerprint density at radius 3 is 2.93 bits per heavy atom. The molecule has 0 amide bonds. The van der Waals surface area contributed by atoms with Crippen molar-refractivity contribution in [1.29, 1.82) is 0 Å². The average molecular weight is 205 g/mol. The minimum Gasteiger partial charge on any atom is -0.497 e. The third kappa shape index (κ3) is 2.96. The highest BCUT2D eigenvalue weighted by molar-refractivity contribution is 5.30. The normalized spacial score (nSPS) is 17.5. The highest BCUT2D eigenvalue weighted by Crippen LogP contribution is 2.28. The van der Waals surface area contributed by atoms with Crippen LogP contribution in [-0.2, 0) is 0 Å². The van der Waals surface area contributed by atoms with Gasteiger partial charge in [0.15, 0.2) is 0 Å². The molecule has 0 spiro atoms. The fourth-order valence-electron chi connectivity index (χ4n) is 1.69. The predicted molar refractivity (Wildman–Crippen MR) is 62.1 cm³/mol. The molecule has 1 aliphatic carbocycles. The van der Waals surface area contributed by atoms with Gasteiger partial charge in [0.25, 0.3) is 0 Å². The Balaban J connectivity index is 1.93. The van der Waals surface area contributed by atoms with E-state index in [1.54, 1.807) is 7.11 Å². The summed E-state index contributed by atoms with van der Waals surface area (Å²) in [5.74, 6) is 1.87. The van der Waals surface area contributed by atoms with Crippen LogP contribution in [0.2, 0.25) is 0 Å². The Hall–Kier alpha value is -1.02. The number of benzene rings is 1. The number of methoxy groups -OCH3 is 1. The number of hydrogen-bond donors (Lipinski definition) is 1. The summed E-state index contributed by atoms with van der Waals surface area (Å²) >= 11 is 0. The van der Waals surface area contributed by atoms with Gasteiger partial charge in [0, 0.05) is 6.04 Å². The summed E-state index contributed by atoms with van der Waals surface area (Å²) in [5.41, 5.74) is 1.30. The van der Waals surface area contributed by atoms with E-state index >= 15 is 0 Å². The molecule has 0 aromatic heterocycles. The zero-order valence-corrected chi connectivity index (χ0v) is 9.49. The van der Waals surface area contributed by atoms with E-state index in [0.717, 1.165) is 18.2 Å².